The molecule has 0 unspecified atom stereocenters. The monoisotopic (exact) mass is 328 g/mol. The van der Waals surface area contributed by atoms with Gasteiger partial charge in [-0.05, 0) is 58.7 Å². The molecule has 0 atom stereocenters. The van der Waals surface area contributed by atoms with E-state index in [-0.39, 0.29) is 5.82 Å². The Balaban J connectivity index is 2.37. The number of hydrogen-bond donors (Lipinski definition) is 2. The first-order valence-corrected chi connectivity index (χ1v) is 6.42. The van der Waals surface area contributed by atoms with Crippen LogP contribution < -0.4 is 11.1 Å². The van der Waals surface area contributed by atoms with Crippen molar-refractivity contribution in [2.24, 2.45) is 0 Å². The van der Waals surface area contributed by atoms with E-state index in [1.54, 1.807) is 18.2 Å². The van der Waals surface area contributed by atoms with Crippen molar-refractivity contribution in [3.05, 3.63) is 51.2 Å². The highest BCUT2D eigenvalue weighted by Gasteiger charge is 2.06. The molecule has 0 aliphatic heterocycles. The van der Waals surface area contributed by atoms with E-state index >= 15 is 0 Å². The van der Waals surface area contributed by atoms with Gasteiger partial charge in [-0.2, -0.15) is 0 Å². The Morgan fingerprint density at radius 2 is 1.94 bits per heavy atom. The Bertz CT molecular complexity index is 602. The molecular formula is C13H11BrClFN2. The molecule has 0 spiro atoms. The predicted molar refractivity (Wildman–Crippen MR) is 78.0 cm³/mol. The normalized spacial score (nSPS) is 10.4. The second kappa shape index (κ2) is 5.16. The molecule has 0 fully saturated rings. The van der Waals surface area contributed by atoms with Crippen LogP contribution in [0.3, 0.4) is 0 Å². The summed E-state index contributed by atoms with van der Waals surface area (Å²) in [4.78, 5) is 0. The minimum Gasteiger partial charge on any atom is -0.398 e. The molecular weight excluding hydrogens is 319 g/mol. The summed E-state index contributed by atoms with van der Waals surface area (Å²) in [6.45, 7) is 1.92. The zero-order valence-corrected chi connectivity index (χ0v) is 11.9. The van der Waals surface area contributed by atoms with E-state index < -0.39 is 0 Å². The van der Waals surface area contributed by atoms with Gasteiger partial charge in [-0.25, -0.2) is 4.39 Å². The Morgan fingerprint density at radius 3 is 2.61 bits per heavy atom. The van der Waals surface area contributed by atoms with E-state index in [9.17, 15) is 4.39 Å². The highest BCUT2D eigenvalue weighted by Crippen LogP contribution is 2.31. The number of nitrogen functional groups attached to an aromatic ring is 1. The third-order valence-corrected chi connectivity index (χ3v) is 3.53. The van der Waals surface area contributed by atoms with Crippen LogP contribution in [0.5, 0.6) is 0 Å². The van der Waals surface area contributed by atoms with Gasteiger partial charge in [0.25, 0.3) is 0 Å². The van der Waals surface area contributed by atoms with Crippen molar-refractivity contribution in [2.75, 3.05) is 11.1 Å². The van der Waals surface area contributed by atoms with Gasteiger partial charge < -0.3 is 11.1 Å². The van der Waals surface area contributed by atoms with Gasteiger partial charge >= 0.3 is 0 Å². The minimum atomic E-state index is -0.292. The van der Waals surface area contributed by atoms with Crippen molar-refractivity contribution in [1.82, 2.24) is 0 Å². The standard InChI is InChI=1S/C13H11BrClFN2/c1-7-4-11(17)10(15)6-13(7)18-12-3-2-8(16)5-9(12)14/h2-6,18H,17H2,1H3. The third-order valence-electron chi connectivity index (χ3n) is 2.54. The maximum atomic E-state index is 13.0. The van der Waals surface area contributed by atoms with Gasteiger partial charge in [0.2, 0.25) is 0 Å². The van der Waals surface area contributed by atoms with E-state index in [4.69, 9.17) is 17.3 Å². The van der Waals surface area contributed by atoms with Crippen LogP contribution in [-0.4, -0.2) is 0 Å². The number of anilines is 3. The second-order valence-corrected chi connectivity index (χ2v) is 5.20. The molecule has 94 valence electrons. The molecule has 18 heavy (non-hydrogen) atoms. The van der Waals surface area contributed by atoms with Gasteiger partial charge in [-0.15, -0.1) is 0 Å². The first-order chi connectivity index (χ1) is 8.47. The van der Waals surface area contributed by atoms with Crippen LogP contribution in [0.2, 0.25) is 5.02 Å². The molecule has 2 nitrogen and oxygen atoms in total. The van der Waals surface area contributed by atoms with E-state index in [0.29, 0.717) is 15.2 Å². The lowest BCUT2D eigenvalue weighted by atomic mass is 10.1. The summed E-state index contributed by atoms with van der Waals surface area (Å²) >= 11 is 9.28. The molecule has 0 aliphatic rings. The molecule has 0 saturated carbocycles. The van der Waals surface area contributed by atoms with Crippen molar-refractivity contribution in [2.45, 2.75) is 6.92 Å². The lowest BCUT2D eigenvalue weighted by Crippen LogP contribution is -1.96. The molecule has 0 saturated heterocycles. The van der Waals surface area contributed by atoms with Crippen molar-refractivity contribution in [1.29, 1.82) is 0 Å². The number of hydrogen-bond acceptors (Lipinski definition) is 2. The summed E-state index contributed by atoms with van der Waals surface area (Å²) in [5, 5.41) is 3.67. The zero-order chi connectivity index (χ0) is 13.3. The molecule has 5 heteroatoms. The van der Waals surface area contributed by atoms with Crippen LogP contribution in [0.1, 0.15) is 5.56 Å². The molecule has 2 aromatic rings. The fourth-order valence-electron chi connectivity index (χ4n) is 1.57. The molecule has 0 aromatic heterocycles. The van der Waals surface area contributed by atoms with Gasteiger partial charge in [0.1, 0.15) is 5.82 Å². The van der Waals surface area contributed by atoms with Crippen molar-refractivity contribution < 1.29 is 4.39 Å². The van der Waals surface area contributed by atoms with Crippen LogP contribution in [0.15, 0.2) is 34.8 Å². The lowest BCUT2D eigenvalue weighted by molar-refractivity contribution is 0.627. The number of benzene rings is 2. The van der Waals surface area contributed by atoms with E-state index in [2.05, 4.69) is 21.2 Å². The van der Waals surface area contributed by atoms with Gasteiger partial charge in [-0.1, -0.05) is 11.6 Å². The first-order valence-electron chi connectivity index (χ1n) is 5.25. The Labute approximate surface area is 118 Å². The fraction of sp³-hybridized carbons (Fsp3) is 0.0769. The summed E-state index contributed by atoms with van der Waals surface area (Å²) < 4.78 is 13.6. The SMILES string of the molecule is Cc1cc(N)c(Cl)cc1Nc1ccc(F)cc1Br. The lowest BCUT2D eigenvalue weighted by Gasteiger charge is -2.12. The van der Waals surface area contributed by atoms with Gasteiger partial charge in [0.05, 0.1) is 16.4 Å². The average molecular weight is 330 g/mol. The summed E-state index contributed by atoms with van der Waals surface area (Å²) in [5.74, 6) is -0.292. The van der Waals surface area contributed by atoms with E-state index in [1.807, 2.05) is 6.92 Å². The highest BCUT2D eigenvalue weighted by atomic mass is 79.9. The van der Waals surface area contributed by atoms with Crippen LogP contribution in [-0.2, 0) is 0 Å². The smallest absolute Gasteiger partial charge is 0.124 e. The van der Waals surface area contributed by atoms with Crippen LogP contribution in [0.4, 0.5) is 21.5 Å². The average Bonchev–Trinajstić information content (AvgIpc) is 2.29. The molecule has 0 amide bonds. The quantitative estimate of drug-likeness (QED) is 0.771. The van der Waals surface area contributed by atoms with Gasteiger partial charge in [0, 0.05) is 10.2 Å². The molecule has 3 N–H and O–H groups in total. The maximum Gasteiger partial charge on any atom is 0.124 e. The largest absolute Gasteiger partial charge is 0.398 e. The molecule has 2 aromatic carbocycles. The van der Waals surface area contributed by atoms with Crippen molar-refractivity contribution in [3.63, 3.8) is 0 Å². The molecule has 0 bridgehead atoms. The summed E-state index contributed by atoms with van der Waals surface area (Å²) in [6, 6.07) is 7.99. The molecule has 0 heterocycles. The Kier molecular flexibility index (Phi) is 3.78. The number of rotatable bonds is 2. The highest BCUT2D eigenvalue weighted by molar-refractivity contribution is 9.10. The molecule has 0 aliphatic carbocycles. The topological polar surface area (TPSA) is 38.0 Å². The first kappa shape index (κ1) is 13.2. The maximum absolute atomic E-state index is 13.0. The van der Waals surface area contributed by atoms with Gasteiger partial charge in [-0.3, -0.25) is 0 Å². The van der Waals surface area contributed by atoms with Gasteiger partial charge in [0.15, 0.2) is 0 Å². The molecule has 2 rings (SSSR count). The summed E-state index contributed by atoms with van der Waals surface area (Å²) in [6.07, 6.45) is 0. The summed E-state index contributed by atoms with van der Waals surface area (Å²) in [5.41, 5.74) is 8.82. The van der Waals surface area contributed by atoms with Crippen LogP contribution in [0.25, 0.3) is 0 Å². The third kappa shape index (κ3) is 2.76. The second-order valence-electron chi connectivity index (χ2n) is 3.94. The van der Waals surface area contributed by atoms with Crippen molar-refractivity contribution >= 4 is 44.6 Å². The Hall–Kier alpha value is -1.26. The van der Waals surface area contributed by atoms with Crippen LogP contribution in [0, 0.1) is 12.7 Å². The van der Waals surface area contributed by atoms with Crippen molar-refractivity contribution in [3.8, 4) is 0 Å². The Morgan fingerprint density at radius 1 is 1.22 bits per heavy atom. The predicted octanol–water partition coefficient (Wildman–Crippen LogP) is 4.88. The van der Waals surface area contributed by atoms with E-state index in [1.165, 1.54) is 12.1 Å². The fourth-order valence-corrected chi connectivity index (χ4v) is 2.19. The number of halogens is 3. The molecule has 0 radical (unpaired) electrons. The number of nitrogens with one attached hydrogen (secondary N) is 1. The van der Waals surface area contributed by atoms with E-state index in [0.717, 1.165) is 16.9 Å². The number of aryl methyl sites for hydroxylation is 1. The number of nitrogens with two attached hydrogens (primary N) is 1. The minimum absolute atomic E-state index is 0.292. The zero-order valence-electron chi connectivity index (χ0n) is 9.60. The summed E-state index contributed by atoms with van der Waals surface area (Å²) in [7, 11) is 0. The van der Waals surface area contributed by atoms with Crippen LogP contribution >= 0.6 is 27.5 Å².